The second kappa shape index (κ2) is 5.58. The summed E-state index contributed by atoms with van der Waals surface area (Å²) in [6.07, 6.45) is 9.41. The highest BCUT2D eigenvalue weighted by atomic mass is 16.1. The zero-order valence-electron chi connectivity index (χ0n) is 8.72. The molecule has 0 aromatic rings. The molecule has 0 aliphatic heterocycles. The fourth-order valence-electron chi connectivity index (χ4n) is 1.90. The van der Waals surface area contributed by atoms with Crippen LogP contribution in [0.5, 0.6) is 0 Å². The minimum Gasteiger partial charge on any atom is -0.295 e. The number of ketones is 1. The summed E-state index contributed by atoms with van der Waals surface area (Å²) in [4.78, 5) is 11.5. The first-order valence-corrected chi connectivity index (χ1v) is 5.25. The summed E-state index contributed by atoms with van der Waals surface area (Å²) in [6.45, 7) is 7.38. The van der Waals surface area contributed by atoms with Gasteiger partial charge < -0.3 is 0 Å². The van der Waals surface area contributed by atoms with E-state index in [0.29, 0.717) is 12.2 Å². The van der Waals surface area contributed by atoms with Gasteiger partial charge in [0.1, 0.15) is 0 Å². The van der Waals surface area contributed by atoms with Crippen LogP contribution in [0.1, 0.15) is 38.5 Å². The summed E-state index contributed by atoms with van der Waals surface area (Å²) in [6, 6.07) is 0. The predicted molar refractivity (Wildman–Crippen MR) is 60.1 cm³/mol. The summed E-state index contributed by atoms with van der Waals surface area (Å²) in [5.41, 5.74) is 2.39. The van der Waals surface area contributed by atoms with E-state index >= 15 is 0 Å². The fourth-order valence-corrected chi connectivity index (χ4v) is 1.90. The second-order valence-electron chi connectivity index (χ2n) is 3.68. The van der Waals surface area contributed by atoms with Gasteiger partial charge in [-0.05, 0) is 37.7 Å². The van der Waals surface area contributed by atoms with E-state index in [-0.39, 0.29) is 0 Å². The zero-order valence-corrected chi connectivity index (χ0v) is 8.72. The molecule has 0 aromatic carbocycles. The molecule has 0 heterocycles. The van der Waals surface area contributed by atoms with Crippen LogP contribution in [0.25, 0.3) is 0 Å². The molecule has 1 rings (SSSR count). The molecule has 0 saturated heterocycles. The lowest BCUT2D eigenvalue weighted by molar-refractivity contribution is -0.114. The van der Waals surface area contributed by atoms with Gasteiger partial charge in [0.05, 0.1) is 0 Å². The normalized spacial score (nSPS) is 16.1. The summed E-state index contributed by atoms with van der Waals surface area (Å²) in [7, 11) is 0. The van der Waals surface area contributed by atoms with Gasteiger partial charge in [-0.15, -0.1) is 13.2 Å². The Labute approximate surface area is 86.2 Å². The number of allylic oxidation sites excluding steroid dienone is 4. The van der Waals surface area contributed by atoms with Crippen molar-refractivity contribution in [2.45, 2.75) is 38.5 Å². The van der Waals surface area contributed by atoms with Crippen molar-refractivity contribution >= 4 is 5.78 Å². The molecule has 76 valence electrons. The first kappa shape index (κ1) is 11.0. The minimum atomic E-state index is 0.332. The molecule has 0 spiro atoms. The first-order valence-electron chi connectivity index (χ1n) is 5.25. The molecule has 14 heavy (non-hydrogen) atoms. The third kappa shape index (κ3) is 2.69. The quantitative estimate of drug-likeness (QED) is 0.462. The van der Waals surface area contributed by atoms with E-state index in [9.17, 15) is 4.79 Å². The number of carbonyl (C=O) groups is 1. The Kier molecular flexibility index (Phi) is 4.37. The number of hydrogen-bond donors (Lipinski definition) is 0. The molecule has 0 N–H and O–H groups in total. The van der Waals surface area contributed by atoms with Gasteiger partial charge in [-0.1, -0.05) is 17.7 Å². The Morgan fingerprint density at radius 3 is 2.64 bits per heavy atom. The number of Topliss-reactive ketones (excluding diaryl/α,β-unsaturated/α-hetero) is 1. The lowest BCUT2D eigenvalue weighted by Gasteiger charge is -2.02. The fraction of sp³-hybridized carbons (Fsp3) is 0.462. The molecule has 0 amide bonds. The van der Waals surface area contributed by atoms with Crippen molar-refractivity contribution in [2.24, 2.45) is 0 Å². The monoisotopic (exact) mass is 190 g/mol. The van der Waals surface area contributed by atoms with Gasteiger partial charge in [-0.25, -0.2) is 0 Å². The van der Waals surface area contributed by atoms with E-state index < -0.39 is 0 Å². The molecule has 1 nitrogen and oxygen atoms in total. The highest BCUT2D eigenvalue weighted by molar-refractivity contribution is 5.98. The SMILES string of the molecule is C=CCCCC1=C(CC=C)C(=O)CC1. The topological polar surface area (TPSA) is 17.1 Å². The van der Waals surface area contributed by atoms with E-state index in [2.05, 4.69) is 13.2 Å². The Hall–Kier alpha value is -1.11. The Morgan fingerprint density at radius 1 is 1.21 bits per heavy atom. The van der Waals surface area contributed by atoms with Crippen molar-refractivity contribution < 1.29 is 4.79 Å². The largest absolute Gasteiger partial charge is 0.295 e. The molecule has 0 saturated carbocycles. The molecule has 1 heteroatoms. The molecule has 0 unspecified atom stereocenters. The van der Waals surface area contributed by atoms with Crippen LogP contribution in [0.2, 0.25) is 0 Å². The van der Waals surface area contributed by atoms with Crippen LogP contribution >= 0.6 is 0 Å². The van der Waals surface area contributed by atoms with Crippen LogP contribution in [0.4, 0.5) is 0 Å². The minimum absolute atomic E-state index is 0.332. The number of rotatable bonds is 6. The standard InChI is InChI=1S/C13H18O/c1-3-5-6-8-11-9-10-13(14)12(11)7-4-2/h3-4H,1-2,5-10H2. The van der Waals surface area contributed by atoms with Crippen molar-refractivity contribution in [1.29, 1.82) is 0 Å². The average molecular weight is 190 g/mol. The lowest BCUT2D eigenvalue weighted by atomic mass is 10.0. The Bertz CT molecular complexity index is 271. The van der Waals surface area contributed by atoms with E-state index in [1.165, 1.54) is 5.57 Å². The number of hydrogen-bond acceptors (Lipinski definition) is 1. The molecule has 1 aliphatic carbocycles. The molecule has 0 aromatic heterocycles. The molecule has 0 fully saturated rings. The van der Waals surface area contributed by atoms with Crippen molar-refractivity contribution in [2.75, 3.05) is 0 Å². The highest BCUT2D eigenvalue weighted by Gasteiger charge is 2.20. The van der Waals surface area contributed by atoms with Crippen LogP contribution in [0.15, 0.2) is 36.5 Å². The van der Waals surface area contributed by atoms with Crippen LogP contribution in [0.3, 0.4) is 0 Å². The third-order valence-corrected chi connectivity index (χ3v) is 2.65. The summed E-state index contributed by atoms with van der Waals surface area (Å²) in [5, 5.41) is 0. The van der Waals surface area contributed by atoms with Gasteiger partial charge >= 0.3 is 0 Å². The number of unbranched alkanes of at least 4 members (excludes halogenated alkanes) is 1. The van der Waals surface area contributed by atoms with Crippen molar-refractivity contribution in [3.05, 3.63) is 36.5 Å². The maximum Gasteiger partial charge on any atom is 0.159 e. The second-order valence-corrected chi connectivity index (χ2v) is 3.68. The van der Waals surface area contributed by atoms with Crippen molar-refractivity contribution in [3.8, 4) is 0 Å². The predicted octanol–water partition coefficient (Wildman–Crippen LogP) is 3.58. The maximum absolute atomic E-state index is 11.5. The van der Waals surface area contributed by atoms with Crippen molar-refractivity contribution in [1.82, 2.24) is 0 Å². The molecular weight excluding hydrogens is 172 g/mol. The van der Waals surface area contributed by atoms with Gasteiger partial charge in [-0.2, -0.15) is 0 Å². The van der Waals surface area contributed by atoms with E-state index in [4.69, 9.17) is 0 Å². The Balaban J connectivity index is 2.57. The summed E-state index contributed by atoms with van der Waals surface area (Å²) in [5.74, 6) is 0.332. The molecule has 0 bridgehead atoms. The molecule has 0 atom stereocenters. The lowest BCUT2D eigenvalue weighted by Crippen LogP contribution is -1.95. The van der Waals surface area contributed by atoms with Crippen LogP contribution in [0, 0.1) is 0 Å². The molecule has 0 radical (unpaired) electrons. The molecular formula is C13H18O. The van der Waals surface area contributed by atoms with Gasteiger partial charge in [0, 0.05) is 6.42 Å². The highest BCUT2D eigenvalue weighted by Crippen LogP contribution is 2.29. The maximum atomic E-state index is 11.5. The van der Waals surface area contributed by atoms with Gasteiger partial charge in [0.2, 0.25) is 0 Å². The average Bonchev–Trinajstić information content (AvgIpc) is 2.51. The zero-order chi connectivity index (χ0) is 10.4. The smallest absolute Gasteiger partial charge is 0.159 e. The van der Waals surface area contributed by atoms with Crippen molar-refractivity contribution in [3.63, 3.8) is 0 Å². The third-order valence-electron chi connectivity index (χ3n) is 2.65. The first-order chi connectivity index (χ1) is 6.79. The van der Waals surface area contributed by atoms with E-state index in [1.54, 1.807) is 0 Å². The van der Waals surface area contributed by atoms with Gasteiger partial charge in [0.25, 0.3) is 0 Å². The summed E-state index contributed by atoms with van der Waals surface area (Å²) >= 11 is 0. The van der Waals surface area contributed by atoms with E-state index in [0.717, 1.165) is 37.7 Å². The summed E-state index contributed by atoms with van der Waals surface area (Å²) < 4.78 is 0. The van der Waals surface area contributed by atoms with Crippen LogP contribution in [-0.2, 0) is 4.79 Å². The van der Waals surface area contributed by atoms with Crippen LogP contribution < -0.4 is 0 Å². The number of carbonyl (C=O) groups excluding carboxylic acids is 1. The Morgan fingerprint density at radius 2 is 2.00 bits per heavy atom. The van der Waals surface area contributed by atoms with E-state index in [1.807, 2.05) is 12.2 Å². The van der Waals surface area contributed by atoms with Gasteiger partial charge in [0.15, 0.2) is 5.78 Å². The van der Waals surface area contributed by atoms with Gasteiger partial charge in [-0.3, -0.25) is 4.79 Å². The molecule has 1 aliphatic rings. The van der Waals surface area contributed by atoms with Crippen LogP contribution in [-0.4, -0.2) is 5.78 Å².